The maximum atomic E-state index is 11.7. The van der Waals surface area contributed by atoms with Crippen LogP contribution in [0.15, 0.2) is 31.1 Å². The van der Waals surface area contributed by atoms with Gasteiger partial charge in [0.05, 0.1) is 11.3 Å². The zero-order valence-corrected chi connectivity index (χ0v) is 13.3. The van der Waals surface area contributed by atoms with E-state index in [1.165, 1.54) is 12.3 Å². The minimum atomic E-state index is -0.514. The fraction of sp³-hybridized carbons (Fsp3) is 0.353. The molecule has 126 valence electrons. The molecule has 1 aliphatic carbocycles. The lowest BCUT2D eigenvalue weighted by molar-refractivity contribution is -0.117. The summed E-state index contributed by atoms with van der Waals surface area (Å²) in [7, 11) is 0. The van der Waals surface area contributed by atoms with Gasteiger partial charge < -0.3 is 21.4 Å². The molecule has 0 aromatic carbocycles. The van der Waals surface area contributed by atoms with Gasteiger partial charge >= 0.3 is 0 Å². The minimum absolute atomic E-state index is 0.0994. The van der Waals surface area contributed by atoms with Gasteiger partial charge in [0.25, 0.3) is 5.91 Å². The van der Waals surface area contributed by atoms with Crippen molar-refractivity contribution in [3.05, 3.63) is 36.7 Å². The molecule has 2 atom stereocenters. The van der Waals surface area contributed by atoms with Crippen LogP contribution < -0.4 is 16.4 Å². The highest BCUT2D eigenvalue weighted by molar-refractivity contribution is 6.05. The lowest BCUT2D eigenvalue weighted by Crippen LogP contribution is -2.41. The molecule has 0 radical (unpaired) electrons. The fourth-order valence-corrected chi connectivity index (χ4v) is 3.27. The third-order valence-electron chi connectivity index (χ3n) is 4.41. The van der Waals surface area contributed by atoms with Crippen LogP contribution in [0.5, 0.6) is 0 Å². The SMILES string of the molecule is C=CC(=O)N[C@H]1CCC[C@H](Nc2c(C(N)=O)cnc3[nH]ccc23)C1. The van der Waals surface area contributed by atoms with Gasteiger partial charge in [-0.25, -0.2) is 4.98 Å². The Balaban J connectivity index is 1.82. The average molecular weight is 327 g/mol. The molecule has 1 aliphatic rings. The topological polar surface area (TPSA) is 113 Å². The van der Waals surface area contributed by atoms with Gasteiger partial charge in [-0.3, -0.25) is 9.59 Å². The van der Waals surface area contributed by atoms with E-state index in [1.54, 1.807) is 6.20 Å². The first-order chi connectivity index (χ1) is 11.6. The summed E-state index contributed by atoms with van der Waals surface area (Å²) in [5.74, 6) is -0.671. The van der Waals surface area contributed by atoms with Crippen LogP contribution in [-0.4, -0.2) is 33.9 Å². The number of hydrogen-bond acceptors (Lipinski definition) is 4. The Morgan fingerprint density at radius 3 is 2.92 bits per heavy atom. The molecule has 2 heterocycles. The molecule has 0 unspecified atom stereocenters. The molecule has 0 aliphatic heterocycles. The van der Waals surface area contributed by atoms with E-state index in [1.807, 2.05) is 6.07 Å². The lowest BCUT2D eigenvalue weighted by atomic mass is 9.90. The molecule has 1 saturated carbocycles. The lowest BCUT2D eigenvalue weighted by Gasteiger charge is -2.31. The Morgan fingerprint density at radius 1 is 1.38 bits per heavy atom. The van der Waals surface area contributed by atoms with Crippen molar-refractivity contribution in [2.24, 2.45) is 5.73 Å². The smallest absolute Gasteiger partial charge is 0.252 e. The van der Waals surface area contributed by atoms with Gasteiger partial charge in [0.1, 0.15) is 5.65 Å². The van der Waals surface area contributed by atoms with Crippen LogP contribution in [0, 0.1) is 0 Å². The summed E-state index contributed by atoms with van der Waals surface area (Å²) >= 11 is 0. The Hall–Kier alpha value is -2.83. The van der Waals surface area contributed by atoms with Crippen LogP contribution in [0.25, 0.3) is 11.0 Å². The van der Waals surface area contributed by atoms with Crippen LogP contribution in [0.4, 0.5) is 5.69 Å². The van der Waals surface area contributed by atoms with Crippen molar-refractivity contribution in [2.75, 3.05) is 5.32 Å². The third-order valence-corrected chi connectivity index (χ3v) is 4.41. The number of H-pyrrole nitrogens is 1. The van der Waals surface area contributed by atoms with E-state index >= 15 is 0 Å². The molecule has 0 bridgehead atoms. The summed E-state index contributed by atoms with van der Waals surface area (Å²) in [6, 6.07) is 2.12. The molecule has 24 heavy (non-hydrogen) atoms. The van der Waals surface area contributed by atoms with Gasteiger partial charge in [-0.15, -0.1) is 0 Å². The fourth-order valence-electron chi connectivity index (χ4n) is 3.27. The van der Waals surface area contributed by atoms with Crippen molar-refractivity contribution in [1.82, 2.24) is 15.3 Å². The van der Waals surface area contributed by atoms with Crippen molar-refractivity contribution in [1.29, 1.82) is 0 Å². The Morgan fingerprint density at radius 2 is 2.17 bits per heavy atom. The maximum Gasteiger partial charge on any atom is 0.252 e. The van der Waals surface area contributed by atoms with E-state index in [9.17, 15) is 9.59 Å². The number of amides is 2. The molecular formula is C17H21N5O2. The van der Waals surface area contributed by atoms with Crippen molar-refractivity contribution in [3.8, 4) is 0 Å². The number of primary amides is 1. The van der Waals surface area contributed by atoms with Crippen LogP contribution in [-0.2, 0) is 4.79 Å². The normalized spacial score (nSPS) is 20.5. The Bertz CT molecular complexity index is 782. The van der Waals surface area contributed by atoms with Crippen LogP contribution in [0.2, 0.25) is 0 Å². The van der Waals surface area contributed by atoms with E-state index in [0.717, 1.165) is 31.1 Å². The van der Waals surface area contributed by atoms with E-state index in [2.05, 4.69) is 27.2 Å². The number of nitrogens with zero attached hydrogens (tertiary/aromatic N) is 1. The highest BCUT2D eigenvalue weighted by Gasteiger charge is 2.24. The first-order valence-corrected chi connectivity index (χ1v) is 8.04. The molecule has 2 aromatic rings. The standard InChI is InChI=1S/C17H21N5O2/c1-2-14(23)21-10-4-3-5-11(8-10)22-15-12-6-7-19-17(12)20-9-13(15)16(18)24/h2,6-7,9-11H,1,3-5,8H2,(H2,18,24)(H,21,23)(H2,19,20,22)/t10-,11-/m0/s1. The van der Waals surface area contributed by atoms with Crippen molar-refractivity contribution in [3.63, 3.8) is 0 Å². The number of aromatic nitrogens is 2. The number of anilines is 1. The van der Waals surface area contributed by atoms with E-state index in [-0.39, 0.29) is 18.0 Å². The van der Waals surface area contributed by atoms with Gasteiger partial charge in [-0.2, -0.15) is 0 Å². The molecular weight excluding hydrogens is 306 g/mol. The van der Waals surface area contributed by atoms with Crippen LogP contribution in [0.1, 0.15) is 36.0 Å². The third kappa shape index (κ3) is 3.24. The quantitative estimate of drug-likeness (QED) is 0.626. The summed E-state index contributed by atoms with van der Waals surface area (Å²) in [6.07, 6.45) is 8.24. The van der Waals surface area contributed by atoms with Gasteiger partial charge in [0, 0.05) is 29.9 Å². The second-order valence-electron chi connectivity index (χ2n) is 6.07. The number of rotatable bonds is 5. The largest absolute Gasteiger partial charge is 0.381 e. The Kier molecular flexibility index (Phi) is 4.50. The van der Waals surface area contributed by atoms with Gasteiger partial charge in [-0.05, 0) is 37.8 Å². The number of carbonyl (C=O) groups excluding carboxylic acids is 2. The second-order valence-corrected chi connectivity index (χ2v) is 6.07. The Labute approximate surface area is 139 Å². The predicted molar refractivity (Wildman–Crippen MR) is 92.6 cm³/mol. The van der Waals surface area contributed by atoms with Gasteiger partial charge in [0.15, 0.2) is 0 Å². The van der Waals surface area contributed by atoms with Crippen LogP contribution >= 0.6 is 0 Å². The molecule has 3 rings (SSSR count). The maximum absolute atomic E-state index is 11.7. The van der Waals surface area contributed by atoms with E-state index < -0.39 is 5.91 Å². The van der Waals surface area contributed by atoms with Crippen molar-refractivity contribution >= 4 is 28.5 Å². The first-order valence-electron chi connectivity index (χ1n) is 8.04. The average Bonchev–Trinajstić information content (AvgIpc) is 3.04. The number of fused-ring (bicyclic) bond motifs is 1. The molecule has 0 spiro atoms. The number of nitrogens with two attached hydrogens (primary N) is 1. The summed E-state index contributed by atoms with van der Waals surface area (Å²) in [6.45, 7) is 3.48. The van der Waals surface area contributed by atoms with E-state index in [0.29, 0.717) is 16.9 Å². The summed E-state index contributed by atoms with van der Waals surface area (Å²) < 4.78 is 0. The number of carbonyl (C=O) groups is 2. The summed E-state index contributed by atoms with van der Waals surface area (Å²) in [4.78, 5) is 30.5. The number of aromatic amines is 1. The van der Waals surface area contributed by atoms with Crippen molar-refractivity contribution in [2.45, 2.75) is 37.8 Å². The zero-order chi connectivity index (χ0) is 17.1. The molecule has 0 saturated heterocycles. The number of hydrogen-bond donors (Lipinski definition) is 4. The summed E-state index contributed by atoms with van der Waals surface area (Å²) in [5, 5.41) is 7.23. The van der Waals surface area contributed by atoms with Crippen LogP contribution in [0.3, 0.4) is 0 Å². The zero-order valence-electron chi connectivity index (χ0n) is 13.3. The van der Waals surface area contributed by atoms with Gasteiger partial charge in [-0.1, -0.05) is 6.58 Å². The monoisotopic (exact) mass is 327 g/mol. The number of pyridine rings is 1. The predicted octanol–water partition coefficient (Wildman–Crippen LogP) is 1.69. The molecule has 2 aromatic heterocycles. The highest BCUT2D eigenvalue weighted by Crippen LogP contribution is 2.29. The first kappa shape index (κ1) is 16.0. The van der Waals surface area contributed by atoms with Crippen molar-refractivity contribution < 1.29 is 9.59 Å². The molecule has 7 nitrogen and oxygen atoms in total. The molecule has 1 fully saturated rings. The molecule has 2 amide bonds. The minimum Gasteiger partial charge on any atom is -0.381 e. The highest BCUT2D eigenvalue weighted by atomic mass is 16.1. The second kappa shape index (κ2) is 6.74. The van der Waals surface area contributed by atoms with Gasteiger partial charge in [0.2, 0.25) is 5.91 Å². The molecule has 7 heteroatoms. The summed E-state index contributed by atoms with van der Waals surface area (Å²) in [5.41, 5.74) is 7.27. The van der Waals surface area contributed by atoms with E-state index in [4.69, 9.17) is 5.73 Å². The molecule has 5 N–H and O–H groups in total. The number of nitrogens with one attached hydrogen (secondary N) is 3.